The maximum absolute atomic E-state index is 10.4. The molecule has 1 aliphatic rings. The van der Waals surface area contributed by atoms with Crippen LogP contribution in [-0.2, 0) is 10.3 Å². The molecule has 2 aromatic rings. The Morgan fingerprint density at radius 3 is 2.94 bits per heavy atom. The van der Waals surface area contributed by atoms with Crippen molar-refractivity contribution in [3.8, 4) is 0 Å². The Morgan fingerprint density at radius 2 is 2.25 bits per heavy atom. The SMILES string of the molecule is O=C=NC1(c2cccc3c(Br)coc23)CC1. The van der Waals surface area contributed by atoms with Crippen LogP contribution in [-0.4, -0.2) is 6.08 Å². The Bertz CT molecular complexity index is 607. The molecule has 0 saturated heterocycles. The van der Waals surface area contributed by atoms with Gasteiger partial charge in [0.15, 0.2) is 0 Å². The van der Waals surface area contributed by atoms with E-state index in [4.69, 9.17) is 4.42 Å². The minimum absolute atomic E-state index is 0.376. The topological polar surface area (TPSA) is 42.6 Å². The van der Waals surface area contributed by atoms with Gasteiger partial charge in [-0.3, -0.25) is 0 Å². The molecule has 0 aliphatic heterocycles. The summed E-state index contributed by atoms with van der Waals surface area (Å²) < 4.78 is 6.44. The van der Waals surface area contributed by atoms with Crippen molar-refractivity contribution in [1.82, 2.24) is 0 Å². The molecule has 3 rings (SSSR count). The number of aliphatic imine (C=N–C) groups is 1. The largest absolute Gasteiger partial charge is 0.463 e. The Morgan fingerprint density at radius 1 is 1.44 bits per heavy atom. The van der Waals surface area contributed by atoms with E-state index in [1.807, 2.05) is 18.2 Å². The molecular weight excluding hydrogens is 270 g/mol. The van der Waals surface area contributed by atoms with Gasteiger partial charge in [-0.15, -0.1) is 0 Å². The normalized spacial score (nSPS) is 17.1. The fourth-order valence-corrected chi connectivity index (χ4v) is 2.45. The number of furan rings is 1. The molecule has 0 amide bonds. The minimum Gasteiger partial charge on any atom is -0.463 e. The van der Waals surface area contributed by atoms with Gasteiger partial charge in [0.1, 0.15) is 17.4 Å². The van der Waals surface area contributed by atoms with Gasteiger partial charge in [0.05, 0.1) is 4.47 Å². The molecule has 0 radical (unpaired) electrons. The number of rotatable bonds is 2. The van der Waals surface area contributed by atoms with Crippen molar-refractivity contribution in [2.45, 2.75) is 18.4 Å². The molecule has 16 heavy (non-hydrogen) atoms. The van der Waals surface area contributed by atoms with E-state index in [-0.39, 0.29) is 5.54 Å². The highest BCUT2D eigenvalue weighted by Gasteiger charge is 2.46. The number of carbonyl (C=O) groups excluding carboxylic acids is 1. The summed E-state index contributed by atoms with van der Waals surface area (Å²) in [5, 5.41) is 1.02. The third-order valence-corrected chi connectivity index (χ3v) is 3.65. The van der Waals surface area contributed by atoms with Crippen LogP contribution < -0.4 is 0 Å². The lowest BCUT2D eigenvalue weighted by Crippen LogP contribution is -2.02. The number of hydrogen-bond acceptors (Lipinski definition) is 3. The van der Waals surface area contributed by atoms with Gasteiger partial charge >= 0.3 is 0 Å². The standard InChI is InChI=1S/C12H8BrNO2/c13-10-6-16-11-8(10)2-1-3-9(11)12(4-5-12)14-7-15/h1-3,6H,4-5H2. The number of nitrogens with zero attached hydrogens (tertiary/aromatic N) is 1. The van der Waals surface area contributed by atoms with Crippen LogP contribution >= 0.6 is 15.9 Å². The maximum atomic E-state index is 10.4. The molecule has 3 nitrogen and oxygen atoms in total. The number of hydrogen-bond donors (Lipinski definition) is 0. The van der Waals surface area contributed by atoms with Crippen LogP contribution in [0.1, 0.15) is 18.4 Å². The lowest BCUT2D eigenvalue weighted by molar-refractivity contribution is 0.554. The summed E-state index contributed by atoms with van der Waals surface area (Å²) in [6.45, 7) is 0. The molecule has 1 aromatic carbocycles. The predicted octanol–water partition coefficient (Wildman–Crippen LogP) is 3.52. The van der Waals surface area contributed by atoms with Crippen LogP contribution in [0, 0.1) is 0 Å². The molecule has 0 atom stereocenters. The van der Waals surface area contributed by atoms with E-state index in [1.54, 1.807) is 12.3 Å². The number of isocyanates is 1. The van der Waals surface area contributed by atoms with Gasteiger partial charge < -0.3 is 4.42 Å². The molecule has 1 aliphatic carbocycles. The summed E-state index contributed by atoms with van der Waals surface area (Å²) in [6.07, 6.45) is 5.10. The summed E-state index contributed by atoms with van der Waals surface area (Å²) in [5.41, 5.74) is 1.42. The average Bonchev–Trinajstić information content (AvgIpc) is 2.98. The van der Waals surface area contributed by atoms with Crippen molar-refractivity contribution in [3.05, 3.63) is 34.5 Å². The van der Waals surface area contributed by atoms with Gasteiger partial charge in [0.25, 0.3) is 0 Å². The van der Waals surface area contributed by atoms with Gasteiger partial charge in [-0.05, 0) is 34.8 Å². The highest BCUT2D eigenvalue weighted by atomic mass is 79.9. The summed E-state index contributed by atoms with van der Waals surface area (Å²) in [4.78, 5) is 14.4. The van der Waals surface area contributed by atoms with Crippen LogP contribution in [0.25, 0.3) is 11.0 Å². The third-order valence-electron chi connectivity index (χ3n) is 3.04. The Balaban J connectivity index is 2.28. The molecular formula is C12H8BrNO2. The molecule has 1 aromatic heterocycles. The number of para-hydroxylation sites is 1. The molecule has 1 saturated carbocycles. The zero-order valence-electron chi connectivity index (χ0n) is 8.37. The monoisotopic (exact) mass is 277 g/mol. The average molecular weight is 278 g/mol. The Kier molecular flexibility index (Phi) is 2.03. The fraction of sp³-hybridized carbons (Fsp3) is 0.250. The molecule has 1 heterocycles. The van der Waals surface area contributed by atoms with Gasteiger partial charge in [-0.1, -0.05) is 12.1 Å². The first kappa shape index (κ1) is 9.82. The van der Waals surface area contributed by atoms with Crippen LogP contribution in [0.3, 0.4) is 0 Å². The highest BCUT2D eigenvalue weighted by molar-refractivity contribution is 9.10. The summed E-state index contributed by atoms with van der Waals surface area (Å²) in [6, 6.07) is 5.90. The fourth-order valence-electron chi connectivity index (χ4n) is 2.04. The van der Waals surface area contributed by atoms with Crippen LogP contribution in [0.5, 0.6) is 0 Å². The van der Waals surface area contributed by atoms with Crippen LogP contribution in [0.15, 0.2) is 38.3 Å². The summed E-state index contributed by atoms with van der Waals surface area (Å²) >= 11 is 3.43. The minimum atomic E-state index is -0.376. The second-order valence-corrected chi connectivity index (χ2v) is 4.85. The highest BCUT2D eigenvalue weighted by Crippen LogP contribution is 2.51. The quantitative estimate of drug-likeness (QED) is 0.623. The van der Waals surface area contributed by atoms with E-state index in [1.165, 1.54) is 0 Å². The van der Waals surface area contributed by atoms with Gasteiger partial charge in [0, 0.05) is 10.9 Å². The molecule has 0 bridgehead atoms. The van der Waals surface area contributed by atoms with E-state index >= 15 is 0 Å². The van der Waals surface area contributed by atoms with Crippen molar-refractivity contribution in [3.63, 3.8) is 0 Å². The first-order valence-corrected chi connectivity index (χ1v) is 5.81. The van der Waals surface area contributed by atoms with E-state index < -0.39 is 0 Å². The zero-order chi connectivity index (χ0) is 11.2. The molecule has 0 spiro atoms. The molecule has 80 valence electrons. The first-order chi connectivity index (χ1) is 7.77. The number of benzene rings is 1. The number of fused-ring (bicyclic) bond motifs is 1. The van der Waals surface area contributed by atoms with Gasteiger partial charge in [0.2, 0.25) is 6.08 Å². The first-order valence-electron chi connectivity index (χ1n) is 5.02. The second-order valence-electron chi connectivity index (χ2n) is 4.00. The van der Waals surface area contributed by atoms with Crippen molar-refractivity contribution >= 4 is 33.0 Å². The van der Waals surface area contributed by atoms with Crippen molar-refractivity contribution in [2.24, 2.45) is 4.99 Å². The Labute approximate surface area is 100 Å². The summed E-state index contributed by atoms with van der Waals surface area (Å²) in [5.74, 6) is 0. The van der Waals surface area contributed by atoms with Crippen molar-refractivity contribution < 1.29 is 9.21 Å². The smallest absolute Gasteiger partial charge is 0.235 e. The molecule has 1 fully saturated rings. The Hall–Kier alpha value is -1.38. The van der Waals surface area contributed by atoms with Gasteiger partial charge in [-0.25, -0.2) is 4.79 Å². The van der Waals surface area contributed by atoms with E-state index in [0.29, 0.717) is 0 Å². The van der Waals surface area contributed by atoms with E-state index in [2.05, 4.69) is 20.9 Å². The lowest BCUT2D eigenvalue weighted by atomic mass is 10.0. The second kappa shape index (κ2) is 3.30. The van der Waals surface area contributed by atoms with Gasteiger partial charge in [-0.2, -0.15) is 4.99 Å². The molecule has 0 unspecified atom stereocenters. The maximum Gasteiger partial charge on any atom is 0.235 e. The third kappa shape index (κ3) is 1.27. The lowest BCUT2D eigenvalue weighted by Gasteiger charge is -2.07. The van der Waals surface area contributed by atoms with Crippen molar-refractivity contribution in [2.75, 3.05) is 0 Å². The van der Waals surface area contributed by atoms with Crippen LogP contribution in [0.2, 0.25) is 0 Å². The van der Waals surface area contributed by atoms with E-state index in [0.717, 1.165) is 33.8 Å². The van der Waals surface area contributed by atoms with E-state index in [9.17, 15) is 4.79 Å². The molecule has 0 N–H and O–H groups in total. The predicted molar refractivity (Wildman–Crippen MR) is 62.9 cm³/mol. The summed E-state index contributed by atoms with van der Waals surface area (Å²) in [7, 11) is 0. The molecule has 4 heteroatoms. The van der Waals surface area contributed by atoms with Crippen molar-refractivity contribution in [1.29, 1.82) is 0 Å². The number of halogens is 1. The zero-order valence-corrected chi connectivity index (χ0v) is 9.95. The van der Waals surface area contributed by atoms with Crippen LogP contribution in [0.4, 0.5) is 0 Å².